The standard InChI is InChI=1S/C26H27FN4O5/c1-26(2,3)31(25(34)35)21(15-22(28)32)24(33)30-23-6-4-5-20(29-23)16-7-11-18(12-8-16)36-19-13-9-17(27)10-14-19/h4-14,21H,15H2,1-3H3,(H2,28,32)(H,34,35)(H,29,30,33). The van der Waals surface area contributed by atoms with Crippen molar-refractivity contribution in [2.75, 3.05) is 5.32 Å². The summed E-state index contributed by atoms with van der Waals surface area (Å²) in [5, 5.41) is 12.3. The third kappa shape index (κ3) is 6.78. The Kier molecular flexibility index (Phi) is 7.88. The summed E-state index contributed by atoms with van der Waals surface area (Å²) in [4.78, 5) is 41.8. The van der Waals surface area contributed by atoms with Crippen LogP contribution in [0.15, 0.2) is 66.7 Å². The lowest BCUT2D eigenvalue weighted by Gasteiger charge is -2.38. The van der Waals surface area contributed by atoms with Gasteiger partial charge in [0.25, 0.3) is 0 Å². The molecule has 3 rings (SSSR count). The van der Waals surface area contributed by atoms with Crippen LogP contribution in [0.4, 0.5) is 15.0 Å². The number of ether oxygens (including phenoxy) is 1. The average Bonchev–Trinajstić information content (AvgIpc) is 2.79. The Bertz CT molecular complexity index is 1240. The molecular formula is C26H27FN4O5. The zero-order chi connectivity index (χ0) is 26.5. The van der Waals surface area contributed by atoms with Crippen molar-refractivity contribution < 1.29 is 28.6 Å². The van der Waals surface area contributed by atoms with Crippen molar-refractivity contribution in [3.05, 3.63) is 72.5 Å². The topological polar surface area (TPSA) is 135 Å². The Labute approximate surface area is 207 Å². The number of carbonyl (C=O) groups excluding carboxylic acids is 2. The maximum Gasteiger partial charge on any atom is 0.408 e. The molecule has 0 radical (unpaired) electrons. The SMILES string of the molecule is CC(C)(C)N(C(=O)O)C(CC(N)=O)C(=O)Nc1cccc(-c2ccc(Oc3ccc(F)cc3)cc2)n1. The van der Waals surface area contributed by atoms with Gasteiger partial charge in [0.05, 0.1) is 12.1 Å². The van der Waals surface area contributed by atoms with Crippen LogP contribution < -0.4 is 15.8 Å². The van der Waals surface area contributed by atoms with E-state index in [9.17, 15) is 23.9 Å². The third-order valence-corrected chi connectivity index (χ3v) is 5.14. The molecule has 0 bridgehead atoms. The van der Waals surface area contributed by atoms with Gasteiger partial charge in [-0.2, -0.15) is 0 Å². The lowest BCUT2D eigenvalue weighted by molar-refractivity contribution is -0.128. The second-order valence-electron chi connectivity index (χ2n) is 8.99. The van der Waals surface area contributed by atoms with E-state index >= 15 is 0 Å². The maximum atomic E-state index is 13.1. The minimum absolute atomic E-state index is 0.179. The number of pyridine rings is 1. The van der Waals surface area contributed by atoms with Crippen molar-refractivity contribution in [3.63, 3.8) is 0 Å². The summed E-state index contributed by atoms with van der Waals surface area (Å²) in [5.41, 5.74) is 5.60. The van der Waals surface area contributed by atoms with E-state index in [1.54, 1.807) is 63.2 Å². The van der Waals surface area contributed by atoms with Crippen molar-refractivity contribution >= 4 is 23.7 Å². The molecule has 2 aromatic carbocycles. The highest BCUT2D eigenvalue weighted by Crippen LogP contribution is 2.26. The highest BCUT2D eigenvalue weighted by Gasteiger charge is 2.38. The molecule has 1 unspecified atom stereocenters. The van der Waals surface area contributed by atoms with Crippen LogP contribution >= 0.6 is 0 Å². The number of nitrogens with zero attached hydrogens (tertiary/aromatic N) is 2. The Morgan fingerprint density at radius 3 is 2.14 bits per heavy atom. The van der Waals surface area contributed by atoms with Crippen molar-refractivity contribution in [1.29, 1.82) is 0 Å². The van der Waals surface area contributed by atoms with Crippen LogP contribution in [-0.4, -0.2) is 44.5 Å². The smallest absolute Gasteiger partial charge is 0.408 e. The second-order valence-corrected chi connectivity index (χ2v) is 8.99. The van der Waals surface area contributed by atoms with Crippen LogP contribution in [0, 0.1) is 5.82 Å². The van der Waals surface area contributed by atoms with E-state index in [1.807, 2.05) is 0 Å². The molecule has 1 atom stereocenters. The summed E-state index contributed by atoms with van der Waals surface area (Å²) in [6.45, 7) is 4.85. The number of primary amides is 1. The van der Waals surface area contributed by atoms with Gasteiger partial charge in [-0.05, 0) is 81.4 Å². The third-order valence-electron chi connectivity index (χ3n) is 5.14. The minimum atomic E-state index is -1.35. The van der Waals surface area contributed by atoms with Crippen molar-refractivity contribution in [1.82, 2.24) is 9.88 Å². The Morgan fingerprint density at radius 2 is 1.61 bits per heavy atom. The van der Waals surface area contributed by atoms with Crippen LogP contribution in [0.1, 0.15) is 27.2 Å². The Hall–Kier alpha value is -4.47. The van der Waals surface area contributed by atoms with Gasteiger partial charge < -0.3 is 20.9 Å². The summed E-state index contributed by atoms with van der Waals surface area (Å²) in [5.74, 6) is -0.680. The quantitative estimate of drug-likeness (QED) is 0.418. The number of benzene rings is 2. The number of carboxylic acid groups (broad SMARTS) is 1. The summed E-state index contributed by atoms with van der Waals surface area (Å²) >= 11 is 0. The van der Waals surface area contributed by atoms with Crippen molar-refractivity contribution in [3.8, 4) is 22.8 Å². The zero-order valence-corrected chi connectivity index (χ0v) is 20.1. The van der Waals surface area contributed by atoms with Gasteiger partial charge in [0, 0.05) is 11.1 Å². The van der Waals surface area contributed by atoms with Gasteiger partial charge in [0.2, 0.25) is 11.8 Å². The van der Waals surface area contributed by atoms with E-state index in [2.05, 4.69) is 10.3 Å². The monoisotopic (exact) mass is 494 g/mol. The molecule has 1 heterocycles. The molecule has 0 spiro atoms. The number of carbonyl (C=O) groups is 3. The van der Waals surface area contributed by atoms with Crippen molar-refractivity contribution in [2.24, 2.45) is 5.73 Å². The fourth-order valence-electron chi connectivity index (χ4n) is 3.59. The molecule has 0 fully saturated rings. The second kappa shape index (κ2) is 10.9. The van der Waals surface area contributed by atoms with Crippen LogP contribution in [0.3, 0.4) is 0 Å². The number of nitrogens with two attached hydrogens (primary N) is 1. The number of aromatic nitrogens is 1. The maximum absolute atomic E-state index is 13.1. The first kappa shape index (κ1) is 26.1. The number of amides is 3. The van der Waals surface area contributed by atoms with Crippen LogP contribution in [0.5, 0.6) is 11.5 Å². The number of halogens is 1. The first-order valence-electron chi connectivity index (χ1n) is 11.1. The molecule has 3 aromatic rings. The summed E-state index contributed by atoms with van der Waals surface area (Å²) < 4.78 is 18.8. The van der Waals surface area contributed by atoms with Crippen LogP contribution in [-0.2, 0) is 9.59 Å². The molecule has 4 N–H and O–H groups in total. The van der Waals surface area contributed by atoms with E-state index in [-0.39, 0.29) is 11.6 Å². The fraction of sp³-hybridized carbons (Fsp3) is 0.231. The largest absolute Gasteiger partial charge is 0.465 e. The number of nitrogens with one attached hydrogen (secondary N) is 1. The number of anilines is 1. The van der Waals surface area contributed by atoms with E-state index in [0.717, 1.165) is 10.5 Å². The van der Waals surface area contributed by atoms with Crippen LogP contribution in [0.25, 0.3) is 11.3 Å². The molecule has 36 heavy (non-hydrogen) atoms. The summed E-state index contributed by atoms with van der Waals surface area (Å²) in [7, 11) is 0. The normalized spacial score (nSPS) is 11.9. The van der Waals surface area contributed by atoms with Gasteiger partial charge in [-0.25, -0.2) is 14.2 Å². The van der Waals surface area contributed by atoms with Crippen LogP contribution in [0.2, 0.25) is 0 Å². The van der Waals surface area contributed by atoms with E-state index in [4.69, 9.17) is 10.5 Å². The number of hydrogen-bond donors (Lipinski definition) is 3. The summed E-state index contributed by atoms with van der Waals surface area (Å²) in [6.07, 6.45) is -1.83. The van der Waals surface area contributed by atoms with Crippen molar-refractivity contribution in [2.45, 2.75) is 38.8 Å². The molecule has 0 aliphatic rings. The molecule has 1 aromatic heterocycles. The van der Waals surface area contributed by atoms with Gasteiger partial charge in [-0.3, -0.25) is 14.5 Å². The van der Waals surface area contributed by atoms with Gasteiger partial charge in [0.1, 0.15) is 29.2 Å². The van der Waals surface area contributed by atoms with E-state index in [0.29, 0.717) is 17.2 Å². The molecule has 10 heteroatoms. The molecule has 188 valence electrons. The lowest BCUT2D eigenvalue weighted by atomic mass is 10.0. The first-order chi connectivity index (χ1) is 16.9. The number of hydrogen-bond acceptors (Lipinski definition) is 5. The molecule has 0 saturated carbocycles. The van der Waals surface area contributed by atoms with E-state index in [1.165, 1.54) is 24.3 Å². The Morgan fingerprint density at radius 1 is 1.03 bits per heavy atom. The predicted molar refractivity (Wildman–Crippen MR) is 132 cm³/mol. The lowest BCUT2D eigenvalue weighted by Crippen LogP contribution is -2.56. The van der Waals surface area contributed by atoms with Gasteiger partial charge >= 0.3 is 6.09 Å². The minimum Gasteiger partial charge on any atom is -0.465 e. The molecule has 0 saturated heterocycles. The fourth-order valence-corrected chi connectivity index (χ4v) is 3.59. The summed E-state index contributed by atoms with van der Waals surface area (Å²) in [6, 6.07) is 16.3. The molecular weight excluding hydrogens is 467 g/mol. The van der Waals surface area contributed by atoms with Gasteiger partial charge in [0.15, 0.2) is 0 Å². The molecule has 0 aliphatic carbocycles. The van der Waals surface area contributed by atoms with E-state index < -0.39 is 35.9 Å². The Balaban J connectivity index is 1.78. The highest BCUT2D eigenvalue weighted by molar-refractivity contribution is 5.98. The first-order valence-corrected chi connectivity index (χ1v) is 11.1. The van der Waals surface area contributed by atoms with Gasteiger partial charge in [-0.1, -0.05) is 6.07 Å². The highest BCUT2D eigenvalue weighted by atomic mass is 19.1. The zero-order valence-electron chi connectivity index (χ0n) is 20.1. The predicted octanol–water partition coefficient (Wildman–Crippen LogP) is 4.64. The molecule has 0 aliphatic heterocycles. The average molecular weight is 495 g/mol. The number of rotatable bonds is 8. The molecule has 3 amide bonds. The van der Waals surface area contributed by atoms with Gasteiger partial charge in [-0.15, -0.1) is 0 Å². The molecule has 9 nitrogen and oxygen atoms in total.